The summed E-state index contributed by atoms with van der Waals surface area (Å²) in [6, 6.07) is 0. The molecule has 1 aliphatic carbocycles. The maximum atomic E-state index is 6.55. The van der Waals surface area contributed by atoms with Gasteiger partial charge in [0.1, 0.15) is 11.7 Å². The van der Waals surface area contributed by atoms with Crippen LogP contribution >= 0.6 is 0 Å². The molecule has 0 aromatic rings. The van der Waals surface area contributed by atoms with Crippen LogP contribution in [0.25, 0.3) is 0 Å². The largest absolute Gasteiger partial charge is 0.381 e. The summed E-state index contributed by atoms with van der Waals surface area (Å²) >= 11 is 0. The Labute approximate surface area is 116 Å². The monoisotopic (exact) mass is 269 g/mol. The lowest BCUT2D eigenvalue weighted by Gasteiger charge is -2.38. The zero-order valence-electron chi connectivity index (χ0n) is 12.4. The van der Waals surface area contributed by atoms with Crippen LogP contribution in [0.2, 0.25) is 0 Å². The molecule has 3 fully saturated rings. The number of hydrogen-bond acceptors (Lipinski definition) is 4. The molecule has 2 saturated heterocycles. The van der Waals surface area contributed by atoms with Crippen molar-refractivity contribution >= 4 is 0 Å². The van der Waals surface area contributed by atoms with Crippen molar-refractivity contribution in [1.29, 1.82) is 0 Å². The Kier molecular flexibility index (Phi) is 3.41. The van der Waals surface area contributed by atoms with Gasteiger partial charge in [-0.25, -0.2) is 0 Å². The van der Waals surface area contributed by atoms with Crippen molar-refractivity contribution < 1.29 is 14.2 Å². The molecule has 19 heavy (non-hydrogen) atoms. The molecular formula is C15H27NO3. The Morgan fingerprint density at radius 3 is 2.74 bits per heavy atom. The number of epoxide rings is 2. The summed E-state index contributed by atoms with van der Waals surface area (Å²) in [4.78, 5) is 0. The van der Waals surface area contributed by atoms with E-state index >= 15 is 0 Å². The van der Waals surface area contributed by atoms with Crippen molar-refractivity contribution in [2.75, 3.05) is 13.7 Å². The second kappa shape index (κ2) is 4.69. The van der Waals surface area contributed by atoms with Crippen molar-refractivity contribution in [3.05, 3.63) is 0 Å². The van der Waals surface area contributed by atoms with Gasteiger partial charge in [0.15, 0.2) is 5.72 Å². The molecule has 2 N–H and O–H groups in total. The molecule has 110 valence electrons. The van der Waals surface area contributed by atoms with Gasteiger partial charge >= 0.3 is 0 Å². The molecule has 0 aromatic carbocycles. The fraction of sp³-hybridized carbons (Fsp3) is 1.00. The van der Waals surface area contributed by atoms with Crippen LogP contribution in [-0.4, -0.2) is 37.3 Å². The van der Waals surface area contributed by atoms with Gasteiger partial charge in [0.2, 0.25) is 0 Å². The highest BCUT2D eigenvalue weighted by molar-refractivity contribution is 5.17. The smallest absolute Gasteiger partial charge is 0.152 e. The summed E-state index contributed by atoms with van der Waals surface area (Å²) in [5.74, 6) is 0.903. The molecule has 5 atom stereocenters. The summed E-state index contributed by atoms with van der Waals surface area (Å²) < 4.78 is 17.4. The van der Waals surface area contributed by atoms with Gasteiger partial charge in [-0.2, -0.15) is 0 Å². The van der Waals surface area contributed by atoms with Gasteiger partial charge in [-0.1, -0.05) is 13.8 Å². The average molecular weight is 269 g/mol. The minimum absolute atomic E-state index is 0.0414. The SMILES string of the molecule is CO[C@@H]1CCC[C@]2(CO2)[C@H]1[C@@]1(N)O[C@@H]1CCC(C)C. The summed E-state index contributed by atoms with van der Waals surface area (Å²) in [5, 5.41) is 0. The van der Waals surface area contributed by atoms with Crippen molar-refractivity contribution in [3.8, 4) is 0 Å². The molecule has 0 unspecified atom stereocenters. The summed E-state index contributed by atoms with van der Waals surface area (Å²) in [6.45, 7) is 5.31. The van der Waals surface area contributed by atoms with Crippen LogP contribution in [0.5, 0.6) is 0 Å². The molecule has 0 aromatic heterocycles. The first kappa shape index (κ1) is 13.8. The Hall–Kier alpha value is -0.160. The van der Waals surface area contributed by atoms with Crippen molar-refractivity contribution in [3.63, 3.8) is 0 Å². The predicted molar refractivity (Wildman–Crippen MR) is 72.7 cm³/mol. The van der Waals surface area contributed by atoms with Gasteiger partial charge in [-0.05, 0) is 38.0 Å². The third-order valence-electron chi connectivity index (χ3n) is 5.13. The van der Waals surface area contributed by atoms with Crippen LogP contribution < -0.4 is 5.73 Å². The molecule has 2 aliphatic heterocycles. The Balaban J connectivity index is 1.69. The minimum atomic E-state index is -0.507. The van der Waals surface area contributed by atoms with Crippen LogP contribution in [0.3, 0.4) is 0 Å². The van der Waals surface area contributed by atoms with E-state index in [1.54, 1.807) is 7.11 Å². The van der Waals surface area contributed by atoms with Crippen LogP contribution in [0.4, 0.5) is 0 Å². The van der Waals surface area contributed by atoms with Gasteiger partial charge < -0.3 is 19.9 Å². The van der Waals surface area contributed by atoms with Crippen LogP contribution in [-0.2, 0) is 14.2 Å². The van der Waals surface area contributed by atoms with Crippen molar-refractivity contribution in [1.82, 2.24) is 0 Å². The highest BCUT2D eigenvalue weighted by Crippen LogP contribution is 2.57. The molecule has 0 amide bonds. The maximum absolute atomic E-state index is 6.55. The molecule has 1 spiro atoms. The van der Waals surface area contributed by atoms with Crippen LogP contribution in [0.1, 0.15) is 46.0 Å². The Bertz CT molecular complexity index is 342. The minimum Gasteiger partial charge on any atom is -0.381 e. The van der Waals surface area contributed by atoms with Crippen LogP contribution in [0.15, 0.2) is 0 Å². The normalized spacial score (nSPS) is 48.8. The van der Waals surface area contributed by atoms with E-state index in [1.165, 1.54) is 12.8 Å². The molecule has 4 heteroatoms. The fourth-order valence-electron chi connectivity index (χ4n) is 3.89. The van der Waals surface area contributed by atoms with Crippen molar-refractivity contribution in [2.24, 2.45) is 17.6 Å². The molecule has 3 rings (SSSR count). The molecule has 2 heterocycles. The van der Waals surface area contributed by atoms with E-state index in [-0.39, 0.29) is 23.7 Å². The van der Waals surface area contributed by atoms with Crippen molar-refractivity contribution in [2.45, 2.75) is 69.5 Å². The van der Waals surface area contributed by atoms with Crippen LogP contribution in [0, 0.1) is 11.8 Å². The molecular weight excluding hydrogens is 242 g/mol. The zero-order valence-corrected chi connectivity index (χ0v) is 12.4. The fourth-order valence-corrected chi connectivity index (χ4v) is 3.89. The van der Waals surface area contributed by atoms with E-state index in [0.29, 0.717) is 5.92 Å². The summed E-state index contributed by atoms with van der Waals surface area (Å²) in [7, 11) is 1.79. The van der Waals surface area contributed by atoms with Gasteiger partial charge in [-0.15, -0.1) is 0 Å². The first-order chi connectivity index (χ1) is 9.02. The first-order valence-corrected chi connectivity index (χ1v) is 7.65. The lowest BCUT2D eigenvalue weighted by atomic mass is 9.72. The molecule has 0 radical (unpaired) electrons. The zero-order chi connectivity index (χ0) is 13.7. The third-order valence-corrected chi connectivity index (χ3v) is 5.13. The topological polar surface area (TPSA) is 60.3 Å². The highest BCUT2D eigenvalue weighted by atomic mass is 16.6. The number of rotatable bonds is 5. The highest BCUT2D eigenvalue weighted by Gasteiger charge is 2.71. The second-order valence-corrected chi connectivity index (χ2v) is 6.93. The first-order valence-electron chi connectivity index (χ1n) is 7.65. The van der Waals surface area contributed by atoms with E-state index in [9.17, 15) is 0 Å². The lowest BCUT2D eigenvalue weighted by molar-refractivity contribution is -0.0520. The number of hydrogen-bond donors (Lipinski definition) is 1. The second-order valence-electron chi connectivity index (χ2n) is 6.93. The molecule has 3 aliphatic rings. The standard InChI is InChI=1S/C15H27NO3/c1-10(2)6-7-12-15(16,19-12)13-11(17-3)5-4-8-14(13)9-18-14/h10-13H,4-9,16H2,1-3H3/t11-,12-,13+,14+,15+/m1/s1. The van der Waals surface area contributed by atoms with E-state index < -0.39 is 5.72 Å². The number of nitrogens with two attached hydrogens (primary N) is 1. The molecule has 4 nitrogen and oxygen atoms in total. The quantitative estimate of drug-likeness (QED) is 0.776. The molecule has 1 saturated carbocycles. The van der Waals surface area contributed by atoms with Gasteiger partial charge in [0.05, 0.1) is 18.6 Å². The van der Waals surface area contributed by atoms with Gasteiger partial charge in [-0.3, -0.25) is 0 Å². The predicted octanol–water partition coefficient (Wildman–Crippen LogP) is 2.06. The van der Waals surface area contributed by atoms with Gasteiger partial charge in [0, 0.05) is 7.11 Å². The van der Waals surface area contributed by atoms with E-state index in [0.717, 1.165) is 25.9 Å². The average Bonchev–Trinajstić information content (AvgIpc) is 3.26. The Morgan fingerprint density at radius 2 is 2.16 bits per heavy atom. The number of ether oxygens (including phenoxy) is 3. The lowest BCUT2D eigenvalue weighted by Crippen LogP contribution is -2.54. The van der Waals surface area contributed by atoms with E-state index in [2.05, 4.69) is 13.8 Å². The maximum Gasteiger partial charge on any atom is 0.152 e. The van der Waals surface area contributed by atoms with Gasteiger partial charge in [0.25, 0.3) is 0 Å². The molecule has 0 bridgehead atoms. The van der Waals surface area contributed by atoms with E-state index in [1.807, 2.05) is 0 Å². The summed E-state index contributed by atoms with van der Waals surface area (Å²) in [6.07, 6.45) is 5.95. The summed E-state index contributed by atoms with van der Waals surface area (Å²) in [5.41, 5.74) is 6.00. The number of methoxy groups -OCH3 is 1. The third kappa shape index (κ3) is 2.33. The Morgan fingerprint density at radius 1 is 1.42 bits per heavy atom. The van der Waals surface area contributed by atoms with E-state index in [4.69, 9.17) is 19.9 Å².